The molecule has 0 spiro atoms. The van der Waals surface area contributed by atoms with Crippen molar-refractivity contribution in [3.8, 4) is 0 Å². The first-order valence-corrected chi connectivity index (χ1v) is 15.0. The number of rotatable bonds is 19. The quantitative estimate of drug-likeness (QED) is 0.0774. The van der Waals surface area contributed by atoms with Crippen LogP contribution >= 0.6 is 0 Å². The van der Waals surface area contributed by atoms with E-state index in [-0.39, 0.29) is 17.9 Å². The van der Waals surface area contributed by atoms with Gasteiger partial charge >= 0.3 is 23.9 Å². The Labute approximate surface area is 282 Å². The number of carbonyl (C=O) groups is 7. The Morgan fingerprint density at radius 2 is 1.24 bits per heavy atom. The minimum absolute atomic E-state index is 0.0809. The standard InChI is InChI=1S/C30H35N9O11/c1-14-34-25(31)24-26(35-14)33-13-17(36-24)12-32-16-4-2-15(3-5-16)27(46)37-18(6-9-21(40)41)28(47)38-19(7-10-22(42)43)29(48)39-20(30(49)50)8-11-23(44)45/h2-5,13,18-20,32H,6-12H2,1H3,(H,37,46)(H,38,47)(H,39,48)(H,40,41)(H,42,43)(H,44,45)(H,49,50)(H2,31,33,34,35)/t18-,19-,20-/m0/s1. The molecule has 0 radical (unpaired) electrons. The molecule has 2 heterocycles. The second kappa shape index (κ2) is 17.6. The van der Waals surface area contributed by atoms with Gasteiger partial charge in [-0.3, -0.25) is 28.8 Å². The predicted octanol–water partition coefficient (Wildman–Crippen LogP) is -0.330. The third-order valence-corrected chi connectivity index (χ3v) is 7.03. The number of aliphatic carboxylic acids is 4. The van der Waals surface area contributed by atoms with Gasteiger partial charge in [-0.2, -0.15) is 0 Å². The van der Waals surface area contributed by atoms with Crippen LogP contribution in [-0.2, 0) is 35.3 Å². The van der Waals surface area contributed by atoms with Crippen molar-refractivity contribution in [1.29, 1.82) is 0 Å². The molecule has 0 aliphatic heterocycles. The van der Waals surface area contributed by atoms with E-state index in [2.05, 4.69) is 41.2 Å². The molecule has 1 aromatic carbocycles. The third kappa shape index (κ3) is 11.6. The summed E-state index contributed by atoms with van der Waals surface area (Å²) in [5.41, 5.74) is 7.81. The van der Waals surface area contributed by atoms with Crippen LogP contribution in [0.2, 0.25) is 0 Å². The zero-order valence-electron chi connectivity index (χ0n) is 26.6. The van der Waals surface area contributed by atoms with Gasteiger partial charge in [0, 0.05) is 30.5 Å². The van der Waals surface area contributed by atoms with Crippen LogP contribution in [0.15, 0.2) is 30.5 Å². The molecule has 50 heavy (non-hydrogen) atoms. The molecule has 0 unspecified atom stereocenters. The van der Waals surface area contributed by atoms with Crippen LogP contribution in [0.4, 0.5) is 11.5 Å². The van der Waals surface area contributed by atoms with E-state index in [1.54, 1.807) is 19.1 Å². The van der Waals surface area contributed by atoms with Crippen molar-refractivity contribution >= 4 is 64.3 Å². The number of carboxylic acids is 4. The summed E-state index contributed by atoms with van der Waals surface area (Å²) >= 11 is 0. The maximum absolute atomic E-state index is 13.2. The van der Waals surface area contributed by atoms with Crippen LogP contribution in [0.25, 0.3) is 11.2 Å². The first-order valence-electron chi connectivity index (χ1n) is 15.0. The maximum Gasteiger partial charge on any atom is 0.326 e. The number of carboxylic acid groups (broad SMARTS) is 4. The number of nitrogens with one attached hydrogen (secondary N) is 4. The summed E-state index contributed by atoms with van der Waals surface area (Å²) in [6, 6.07) is 1.18. The van der Waals surface area contributed by atoms with Crippen LogP contribution in [-0.4, -0.2) is 100 Å². The fourth-order valence-electron chi connectivity index (χ4n) is 4.48. The first-order chi connectivity index (χ1) is 23.6. The number of fused-ring (bicyclic) bond motifs is 1. The Morgan fingerprint density at radius 3 is 1.78 bits per heavy atom. The number of hydrogen-bond donors (Lipinski definition) is 9. The highest BCUT2D eigenvalue weighted by atomic mass is 16.4. The number of carbonyl (C=O) groups excluding carboxylic acids is 3. The zero-order chi connectivity index (χ0) is 37.0. The summed E-state index contributed by atoms with van der Waals surface area (Å²) in [4.78, 5) is 101. The summed E-state index contributed by atoms with van der Waals surface area (Å²) in [6.45, 7) is 1.90. The van der Waals surface area contributed by atoms with Crippen molar-refractivity contribution in [1.82, 2.24) is 35.9 Å². The van der Waals surface area contributed by atoms with Crippen molar-refractivity contribution in [2.75, 3.05) is 11.1 Å². The molecule has 3 amide bonds. The van der Waals surface area contributed by atoms with E-state index in [4.69, 9.17) is 15.9 Å². The number of hydrogen-bond acceptors (Lipinski definition) is 13. The molecule has 3 rings (SSSR count). The minimum atomic E-state index is -1.67. The van der Waals surface area contributed by atoms with Crippen LogP contribution in [0.1, 0.15) is 60.4 Å². The Hall–Kier alpha value is -6.47. The molecule has 0 aliphatic carbocycles. The fraction of sp³-hybridized carbons (Fsp3) is 0.367. The Kier molecular flexibility index (Phi) is 13.4. The number of anilines is 2. The van der Waals surface area contributed by atoms with Crippen LogP contribution in [0.5, 0.6) is 0 Å². The largest absolute Gasteiger partial charge is 0.481 e. The predicted molar refractivity (Wildman–Crippen MR) is 171 cm³/mol. The Bertz CT molecular complexity index is 1770. The molecule has 10 N–H and O–H groups in total. The van der Waals surface area contributed by atoms with E-state index in [0.29, 0.717) is 28.4 Å². The number of nitrogens with zero attached hydrogens (tertiary/aromatic N) is 4. The molecule has 3 atom stereocenters. The summed E-state index contributed by atoms with van der Waals surface area (Å²) in [7, 11) is 0. The second-order valence-electron chi connectivity index (χ2n) is 10.9. The van der Waals surface area contributed by atoms with Gasteiger partial charge < -0.3 is 47.4 Å². The number of amides is 3. The topological polar surface area (TPSA) is 326 Å². The van der Waals surface area contributed by atoms with E-state index in [1.807, 2.05) is 0 Å². The SMILES string of the molecule is Cc1nc(N)c2nc(CNc3ccc(C(=O)N[C@@H](CCC(=O)O)C(=O)N[C@@H](CCC(=O)O)C(=O)N[C@@H](CCC(=O)O)C(=O)O)cc3)cnc2n1. The lowest BCUT2D eigenvalue weighted by Crippen LogP contribution is -2.56. The van der Waals surface area contributed by atoms with E-state index in [9.17, 15) is 43.8 Å². The summed E-state index contributed by atoms with van der Waals surface area (Å²) in [5.74, 6) is -7.82. The molecule has 0 aliphatic rings. The monoisotopic (exact) mass is 697 g/mol. The molecule has 0 bridgehead atoms. The average molecular weight is 698 g/mol. The molecule has 0 saturated carbocycles. The van der Waals surface area contributed by atoms with Crippen LogP contribution in [0.3, 0.4) is 0 Å². The molecule has 0 saturated heterocycles. The van der Waals surface area contributed by atoms with Crippen LogP contribution < -0.4 is 27.0 Å². The van der Waals surface area contributed by atoms with Gasteiger partial charge in [-0.15, -0.1) is 0 Å². The number of aromatic nitrogens is 4. The van der Waals surface area contributed by atoms with Gasteiger partial charge in [0.25, 0.3) is 5.91 Å². The lowest BCUT2D eigenvalue weighted by Gasteiger charge is -2.24. The molecular formula is C30H35N9O11. The number of nitrogens with two attached hydrogens (primary N) is 1. The molecule has 20 heteroatoms. The van der Waals surface area contributed by atoms with Gasteiger partial charge in [-0.05, 0) is 50.5 Å². The second-order valence-corrected chi connectivity index (χ2v) is 10.9. The van der Waals surface area contributed by atoms with Crippen molar-refractivity contribution in [3.63, 3.8) is 0 Å². The van der Waals surface area contributed by atoms with Gasteiger partial charge in [-0.1, -0.05) is 0 Å². The lowest BCUT2D eigenvalue weighted by atomic mass is 10.1. The van der Waals surface area contributed by atoms with Crippen molar-refractivity contribution in [2.24, 2.45) is 0 Å². The minimum Gasteiger partial charge on any atom is -0.481 e. The van der Waals surface area contributed by atoms with Crippen molar-refractivity contribution < 1.29 is 54.0 Å². The lowest BCUT2D eigenvalue weighted by molar-refractivity contribution is -0.144. The van der Waals surface area contributed by atoms with Crippen LogP contribution in [0, 0.1) is 6.92 Å². The molecule has 3 aromatic rings. The normalized spacial score (nSPS) is 12.6. The fourth-order valence-corrected chi connectivity index (χ4v) is 4.48. The smallest absolute Gasteiger partial charge is 0.326 e. The number of nitrogen functional groups attached to an aromatic ring is 1. The van der Waals surface area contributed by atoms with E-state index in [0.717, 1.165) is 0 Å². The highest BCUT2D eigenvalue weighted by Crippen LogP contribution is 2.16. The van der Waals surface area contributed by atoms with Gasteiger partial charge in [0.05, 0.1) is 18.4 Å². The zero-order valence-corrected chi connectivity index (χ0v) is 26.6. The molecule has 0 fully saturated rings. The molecule has 2 aromatic heterocycles. The summed E-state index contributed by atoms with van der Waals surface area (Å²) in [5, 5.41) is 46.4. The maximum atomic E-state index is 13.2. The number of aryl methyl sites for hydroxylation is 1. The van der Waals surface area contributed by atoms with Gasteiger partial charge in [0.15, 0.2) is 17.0 Å². The van der Waals surface area contributed by atoms with E-state index >= 15 is 0 Å². The highest BCUT2D eigenvalue weighted by molar-refractivity contribution is 5.99. The number of benzene rings is 1. The first kappa shape index (κ1) is 38.0. The van der Waals surface area contributed by atoms with Gasteiger partial charge in [0.2, 0.25) is 11.8 Å². The third-order valence-electron chi connectivity index (χ3n) is 7.03. The van der Waals surface area contributed by atoms with E-state index in [1.165, 1.54) is 18.3 Å². The van der Waals surface area contributed by atoms with Crippen molar-refractivity contribution in [3.05, 3.63) is 47.5 Å². The molecule has 20 nitrogen and oxygen atoms in total. The highest BCUT2D eigenvalue weighted by Gasteiger charge is 2.30. The molecule has 266 valence electrons. The molecular weight excluding hydrogens is 662 g/mol. The Balaban J connectivity index is 1.69. The van der Waals surface area contributed by atoms with Crippen molar-refractivity contribution in [2.45, 2.75) is 70.1 Å². The van der Waals surface area contributed by atoms with E-state index < -0.39 is 98.2 Å². The average Bonchev–Trinajstić information content (AvgIpc) is 3.05. The Morgan fingerprint density at radius 1 is 0.720 bits per heavy atom. The van der Waals surface area contributed by atoms with Gasteiger partial charge in [0.1, 0.15) is 23.9 Å². The van der Waals surface area contributed by atoms with Gasteiger partial charge in [-0.25, -0.2) is 24.7 Å². The summed E-state index contributed by atoms with van der Waals surface area (Å²) in [6.07, 6.45) is -1.70. The summed E-state index contributed by atoms with van der Waals surface area (Å²) < 4.78 is 0.